The van der Waals surface area contributed by atoms with Gasteiger partial charge in [0.15, 0.2) is 0 Å². The summed E-state index contributed by atoms with van der Waals surface area (Å²) in [5.74, 6) is 0.179. The predicted molar refractivity (Wildman–Crippen MR) is 95.2 cm³/mol. The molecule has 0 spiro atoms. The van der Waals surface area contributed by atoms with Crippen LogP contribution in [0.5, 0.6) is 0 Å². The molecule has 3 rings (SSSR count). The predicted octanol–water partition coefficient (Wildman–Crippen LogP) is 4.01. The summed E-state index contributed by atoms with van der Waals surface area (Å²) in [6.07, 6.45) is 6.37. The van der Waals surface area contributed by atoms with E-state index >= 15 is 0 Å². The highest BCUT2D eigenvalue weighted by atomic mass is 35.5. The molecule has 5 heteroatoms. The SMILES string of the molecule is O=C(Cc1cccc(Cl)c1Cl)N1CCCCC1CN1CCCC1. The minimum Gasteiger partial charge on any atom is -0.338 e. The van der Waals surface area contributed by atoms with Gasteiger partial charge in [-0.25, -0.2) is 0 Å². The standard InChI is InChI=1S/C18H24Cl2N2O/c19-16-8-5-6-14(18(16)20)12-17(23)22-11-2-1-7-15(22)13-21-9-3-4-10-21/h5-6,8,15H,1-4,7,9-13H2. The normalized spacial score (nSPS) is 22.5. The first kappa shape index (κ1) is 17.1. The molecule has 1 aromatic rings. The van der Waals surface area contributed by atoms with E-state index in [0.29, 0.717) is 22.5 Å². The lowest BCUT2D eigenvalue weighted by atomic mass is 10.00. The molecule has 126 valence electrons. The Balaban J connectivity index is 1.66. The molecule has 2 saturated heterocycles. The summed E-state index contributed by atoms with van der Waals surface area (Å²) in [5, 5.41) is 1.03. The van der Waals surface area contributed by atoms with Crippen LogP contribution in [-0.4, -0.2) is 47.9 Å². The van der Waals surface area contributed by atoms with Crippen LogP contribution in [0, 0.1) is 0 Å². The molecule has 23 heavy (non-hydrogen) atoms. The van der Waals surface area contributed by atoms with E-state index in [4.69, 9.17) is 23.2 Å². The average Bonchev–Trinajstić information content (AvgIpc) is 3.05. The highest BCUT2D eigenvalue weighted by Gasteiger charge is 2.29. The van der Waals surface area contributed by atoms with E-state index in [0.717, 1.165) is 31.5 Å². The number of rotatable bonds is 4. The number of amides is 1. The van der Waals surface area contributed by atoms with Crippen LogP contribution in [0.4, 0.5) is 0 Å². The third kappa shape index (κ3) is 4.20. The number of halogens is 2. The van der Waals surface area contributed by atoms with Crippen molar-refractivity contribution in [2.45, 2.75) is 44.6 Å². The number of hydrogen-bond donors (Lipinski definition) is 0. The lowest BCUT2D eigenvalue weighted by Gasteiger charge is -2.38. The molecule has 0 aliphatic carbocycles. The van der Waals surface area contributed by atoms with Crippen molar-refractivity contribution in [1.82, 2.24) is 9.80 Å². The third-order valence-electron chi connectivity index (χ3n) is 4.99. The lowest BCUT2D eigenvalue weighted by Crippen LogP contribution is -2.49. The van der Waals surface area contributed by atoms with E-state index in [9.17, 15) is 4.79 Å². The van der Waals surface area contributed by atoms with Crippen LogP contribution >= 0.6 is 23.2 Å². The Hall–Kier alpha value is -0.770. The van der Waals surface area contributed by atoms with Gasteiger partial charge in [0.25, 0.3) is 0 Å². The molecule has 1 amide bonds. The topological polar surface area (TPSA) is 23.6 Å². The van der Waals surface area contributed by atoms with Gasteiger partial charge in [0, 0.05) is 19.1 Å². The summed E-state index contributed by atoms with van der Waals surface area (Å²) < 4.78 is 0. The van der Waals surface area contributed by atoms with Crippen molar-refractivity contribution in [3.05, 3.63) is 33.8 Å². The zero-order valence-electron chi connectivity index (χ0n) is 13.4. The summed E-state index contributed by atoms with van der Waals surface area (Å²) in [6, 6.07) is 5.86. The first-order valence-electron chi connectivity index (χ1n) is 8.60. The van der Waals surface area contributed by atoms with Gasteiger partial charge in [-0.05, 0) is 56.8 Å². The third-order valence-corrected chi connectivity index (χ3v) is 5.85. The summed E-state index contributed by atoms with van der Waals surface area (Å²) in [7, 11) is 0. The smallest absolute Gasteiger partial charge is 0.227 e. The number of hydrogen-bond acceptors (Lipinski definition) is 2. The van der Waals surface area contributed by atoms with Crippen molar-refractivity contribution in [2.24, 2.45) is 0 Å². The highest BCUT2D eigenvalue weighted by Crippen LogP contribution is 2.27. The maximum absolute atomic E-state index is 12.8. The fraction of sp³-hybridized carbons (Fsp3) is 0.611. The molecule has 1 atom stereocenters. The number of likely N-dealkylation sites (tertiary alicyclic amines) is 2. The Kier molecular flexibility index (Phi) is 5.84. The molecule has 2 aliphatic heterocycles. The van der Waals surface area contributed by atoms with Crippen molar-refractivity contribution in [2.75, 3.05) is 26.2 Å². The van der Waals surface area contributed by atoms with Gasteiger partial charge in [0.05, 0.1) is 16.5 Å². The largest absolute Gasteiger partial charge is 0.338 e. The molecule has 0 radical (unpaired) electrons. The van der Waals surface area contributed by atoms with Crippen molar-refractivity contribution in [1.29, 1.82) is 0 Å². The Labute approximate surface area is 148 Å². The fourth-order valence-electron chi connectivity index (χ4n) is 3.73. The number of benzene rings is 1. The second-order valence-electron chi connectivity index (χ2n) is 6.63. The first-order chi connectivity index (χ1) is 11.1. The Bertz CT molecular complexity index is 558. The van der Waals surface area contributed by atoms with Gasteiger partial charge in [-0.15, -0.1) is 0 Å². The van der Waals surface area contributed by atoms with Gasteiger partial charge in [-0.1, -0.05) is 35.3 Å². The molecule has 0 N–H and O–H groups in total. The number of carbonyl (C=O) groups is 1. The summed E-state index contributed by atoms with van der Waals surface area (Å²) >= 11 is 12.3. The van der Waals surface area contributed by atoms with Gasteiger partial charge in [-0.2, -0.15) is 0 Å². The quantitative estimate of drug-likeness (QED) is 0.815. The van der Waals surface area contributed by atoms with Gasteiger partial charge >= 0.3 is 0 Å². The second kappa shape index (κ2) is 7.87. The first-order valence-corrected chi connectivity index (χ1v) is 9.35. The van der Waals surface area contributed by atoms with Gasteiger partial charge in [-0.3, -0.25) is 4.79 Å². The van der Waals surface area contributed by atoms with E-state index < -0.39 is 0 Å². The average molecular weight is 355 g/mol. The molecular weight excluding hydrogens is 331 g/mol. The minimum absolute atomic E-state index is 0.179. The molecule has 1 unspecified atom stereocenters. The van der Waals surface area contributed by atoms with E-state index in [1.54, 1.807) is 6.07 Å². The minimum atomic E-state index is 0.179. The van der Waals surface area contributed by atoms with Crippen LogP contribution in [0.2, 0.25) is 10.0 Å². The number of piperidine rings is 1. The Morgan fingerprint density at radius 1 is 1.09 bits per heavy atom. The second-order valence-corrected chi connectivity index (χ2v) is 7.42. The molecule has 2 aliphatic rings. The Morgan fingerprint density at radius 2 is 1.83 bits per heavy atom. The van der Waals surface area contributed by atoms with Crippen LogP contribution in [0.1, 0.15) is 37.7 Å². The van der Waals surface area contributed by atoms with Gasteiger partial charge in [0.2, 0.25) is 5.91 Å². The summed E-state index contributed by atoms with van der Waals surface area (Å²) in [6.45, 7) is 4.25. The number of carbonyl (C=O) groups excluding carboxylic acids is 1. The highest BCUT2D eigenvalue weighted by molar-refractivity contribution is 6.42. The lowest BCUT2D eigenvalue weighted by molar-refractivity contribution is -0.134. The summed E-state index contributed by atoms with van der Waals surface area (Å²) in [4.78, 5) is 17.4. The van der Waals surface area contributed by atoms with Crippen LogP contribution < -0.4 is 0 Å². The van der Waals surface area contributed by atoms with E-state index in [1.165, 1.54) is 32.4 Å². The van der Waals surface area contributed by atoms with Gasteiger partial charge in [0.1, 0.15) is 0 Å². The van der Waals surface area contributed by atoms with Crippen LogP contribution in [0.25, 0.3) is 0 Å². The maximum atomic E-state index is 12.8. The van der Waals surface area contributed by atoms with Crippen molar-refractivity contribution < 1.29 is 4.79 Å². The zero-order chi connectivity index (χ0) is 16.2. The van der Waals surface area contributed by atoms with Crippen LogP contribution in [-0.2, 0) is 11.2 Å². The van der Waals surface area contributed by atoms with Crippen molar-refractivity contribution >= 4 is 29.1 Å². The van der Waals surface area contributed by atoms with E-state index in [1.807, 2.05) is 12.1 Å². The van der Waals surface area contributed by atoms with Gasteiger partial charge < -0.3 is 9.80 Å². The molecule has 1 aromatic carbocycles. The van der Waals surface area contributed by atoms with Crippen molar-refractivity contribution in [3.8, 4) is 0 Å². The molecule has 2 fully saturated rings. The Morgan fingerprint density at radius 3 is 2.61 bits per heavy atom. The van der Waals surface area contributed by atoms with Crippen LogP contribution in [0.15, 0.2) is 18.2 Å². The molecule has 2 heterocycles. The number of nitrogens with zero attached hydrogens (tertiary/aromatic N) is 2. The molecule has 3 nitrogen and oxygen atoms in total. The monoisotopic (exact) mass is 354 g/mol. The van der Waals surface area contributed by atoms with E-state index in [2.05, 4.69) is 9.80 Å². The van der Waals surface area contributed by atoms with E-state index in [-0.39, 0.29) is 5.91 Å². The molecule has 0 bridgehead atoms. The van der Waals surface area contributed by atoms with Crippen LogP contribution in [0.3, 0.4) is 0 Å². The molecular formula is C18H24Cl2N2O. The molecule has 0 aromatic heterocycles. The molecule has 0 saturated carbocycles. The maximum Gasteiger partial charge on any atom is 0.227 e. The summed E-state index contributed by atoms with van der Waals surface area (Å²) in [5.41, 5.74) is 0.828. The fourth-order valence-corrected chi connectivity index (χ4v) is 4.12. The zero-order valence-corrected chi connectivity index (χ0v) is 15.0. The van der Waals surface area contributed by atoms with Crippen molar-refractivity contribution in [3.63, 3.8) is 0 Å².